The van der Waals surface area contributed by atoms with Gasteiger partial charge in [0, 0.05) is 5.57 Å². The normalized spacial score (nSPS) is 12.1. The molecule has 2 heteroatoms. The second-order valence-electron chi connectivity index (χ2n) is 13.6. The van der Waals surface area contributed by atoms with E-state index in [-0.39, 0.29) is 12.1 Å². The predicted molar refractivity (Wildman–Crippen MR) is 188 cm³/mol. The summed E-state index contributed by atoms with van der Waals surface area (Å²) in [5.74, 6) is -0.197. The minimum absolute atomic E-state index is 0.0860. The Balaban J connectivity index is 3.67. The van der Waals surface area contributed by atoms with E-state index in [0.29, 0.717) is 5.57 Å². The van der Waals surface area contributed by atoms with Crippen LogP contribution < -0.4 is 0 Å². The molecular formula is C40H78O2. The van der Waals surface area contributed by atoms with Crippen molar-refractivity contribution in [1.82, 2.24) is 0 Å². The van der Waals surface area contributed by atoms with Gasteiger partial charge in [0.15, 0.2) is 0 Å². The molecule has 0 aromatic rings. The van der Waals surface area contributed by atoms with Gasteiger partial charge in [-0.25, -0.2) is 4.79 Å². The molecule has 0 heterocycles. The zero-order valence-electron chi connectivity index (χ0n) is 29.4. The third kappa shape index (κ3) is 32.1. The van der Waals surface area contributed by atoms with E-state index in [9.17, 15) is 4.79 Å². The fraction of sp³-hybridized carbons (Fsp3) is 0.925. The molecule has 0 aliphatic carbocycles. The Bertz CT molecular complexity index is 554. The highest BCUT2D eigenvalue weighted by Crippen LogP contribution is 2.19. The Kier molecular flexibility index (Phi) is 34.0. The maximum Gasteiger partial charge on any atom is 0.333 e. The summed E-state index contributed by atoms with van der Waals surface area (Å²) in [5.41, 5.74) is 0.531. The summed E-state index contributed by atoms with van der Waals surface area (Å²) in [6.07, 6.45) is 45.2. The molecule has 0 rings (SSSR count). The number of hydrogen-bond acceptors (Lipinski definition) is 2. The average molecular weight is 591 g/mol. The zero-order valence-corrected chi connectivity index (χ0v) is 29.4. The molecule has 42 heavy (non-hydrogen) atoms. The lowest BCUT2D eigenvalue weighted by molar-refractivity contribution is -0.145. The minimum atomic E-state index is -0.197. The number of esters is 1. The largest absolute Gasteiger partial charge is 0.459 e. The fourth-order valence-corrected chi connectivity index (χ4v) is 6.18. The summed E-state index contributed by atoms with van der Waals surface area (Å²) in [6.45, 7) is 10.1. The maximum atomic E-state index is 12.2. The molecule has 0 spiro atoms. The number of unbranched alkanes of at least 4 members (excludes halogenated alkanes) is 29. The van der Waals surface area contributed by atoms with Crippen molar-refractivity contribution in [3.05, 3.63) is 12.2 Å². The lowest BCUT2D eigenvalue weighted by Crippen LogP contribution is -2.18. The van der Waals surface area contributed by atoms with Crippen molar-refractivity contribution in [2.75, 3.05) is 0 Å². The van der Waals surface area contributed by atoms with E-state index in [1.165, 1.54) is 199 Å². The molecule has 2 nitrogen and oxygen atoms in total. The molecule has 0 aromatic heterocycles. The van der Waals surface area contributed by atoms with Crippen LogP contribution in [0.1, 0.15) is 233 Å². The molecule has 0 N–H and O–H groups in total. The van der Waals surface area contributed by atoms with Crippen molar-refractivity contribution in [2.45, 2.75) is 239 Å². The molecule has 0 aromatic carbocycles. The maximum absolute atomic E-state index is 12.2. The second kappa shape index (κ2) is 34.7. The van der Waals surface area contributed by atoms with E-state index >= 15 is 0 Å². The Hall–Kier alpha value is -0.790. The number of ether oxygens (including phenoxy) is 1. The van der Waals surface area contributed by atoms with Gasteiger partial charge in [-0.05, 0) is 32.6 Å². The van der Waals surface area contributed by atoms with Crippen LogP contribution in [0.25, 0.3) is 0 Å². The molecule has 1 unspecified atom stereocenters. The van der Waals surface area contributed by atoms with Crippen LogP contribution in [-0.2, 0) is 9.53 Å². The minimum Gasteiger partial charge on any atom is -0.459 e. The summed E-state index contributed by atoms with van der Waals surface area (Å²) in [4.78, 5) is 12.2. The first-order chi connectivity index (χ1) is 20.6. The summed E-state index contributed by atoms with van der Waals surface area (Å²) >= 11 is 0. The van der Waals surface area contributed by atoms with Crippen molar-refractivity contribution >= 4 is 5.97 Å². The van der Waals surface area contributed by atoms with Crippen molar-refractivity contribution < 1.29 is 9.53 Å². The lowest BCUT2D eigenvalue weighted by atomic mass is 10.0. The lowest BCUT2D eigenvalue weighted by Gasteiger charge is -2.18. The van der Waals surface area contributed by atoms with E-state index in [4.69, 9.17) is 4.74 Å². The standard InChI is InChI=1S/C40H78O2/c1-5-7-9-11-13-15-17-19-21-22-23-25-27-29-31-33-35-37-39(42-40(41)38(3)4)36-34-32-30-28-26-24-20-18-16-14-12-10-8-6-2/h39H,3,5-37H2,1-2,4H3. The van der Waals surface area contributed by atoms with Gasteiger partial charge in [0.25, 0.3) is 0 Å². The Morgan fingerprint density at radius 1 is 0.429 bits per heavy atom. The van der Waals surface area contributed by atoms with Crippen molar-refractivity contribution in [1.29, 1.82) is 0 Å². The van der Waals surface area contributed by atoms with Gasteiger partial charge in [-0.3, -0.25) is 0 Å². The molecule has 250 valence electrons. The van der Waals surface area contributed by atoms with Crippen LogP contribution in [-0.4, -0.2) is 12.1 Å². The first-order valence-corrected chi connectivity index (χ1v) is 19.5. The molecule has 0 saturated heterocycles. The quantitative estimate of drug-likeness (QED) is 0.0417. The Morgan fingerprint density at radius 2 is 0.643 bits per heavy atom. The van der Waals surface area contributed by atoms with Gasteiger partial charge >= 0.3 is 5.97 Å². The molecule has 0 amide bonds. The molecule has 0 aliphatic heterocycles. The molecule has 0 saturated carbocycles. The fourth-order valence-electron chi connectivity index (χ4n) is 6.18. The van der Waals surface area contributed by atoms with Gasteiger partial charge in [0.1, 0.15) is 6.10 Å². The van der Waals surface area contributed by atoms with Gasteiger partial charge in [-0.15, -0.1) is 0 Å². The average Bonchev–Trinajstić information content (AvgIpc) is 2.98. The van der Waals surface area contributed by atoms with Crippen molar-refractivity contribution in [3.8, 4) is 0 Å². The monoisotopic (exact) mass is 591 g/mol. The van der Waals surface area contributed by atoms with E-state index in [1.54, 1.807) is 6.92 Å². The van der Waals surface area contributed by atoms with Crippen molar-refractivity contribution in [3.63, 3.8) is 0 Å². The highest BCUT2D eigenvalue weighted by atomic mass is 16.5. The van der Waals surface area contributed by atoms with Crippen LogP contribution in [0.3, 0.4) is 0 Å². The predicted octanol–water partition coefficient (Wildman–Crippen LogP) is 14.4. The van der Waals surface area contributed by atoms with E-state index < -0.39 is 0 Å². The highest BCUT2D eigenvalue weighted by molar-refractivity contribution is 5.87. The smallest absolute Gasteiger partial charge is 0.333 e. The third-order valence-electron chi connectivity index (χ3n) is 9.13. The van der Waals surface area contributed by atoms with Crippen LogP contribution >= 0.6 is 0 Å². The van der Waals surface area contributed by atoms with Gasteiger partial charge < -0.3 is 4.74 Å². The summed E-state index contributed by atoms with van der Waals surface area (Å²) in [5, 5.41) is 0. The van der Waals surface area contributed by atoms with E-state index in [1.807, 2.05) is 0 Å². The highest BCUT2D eigenvalue weighted by Gasteiger charge is 2.14. The molecule has 1 atom stereocenters. The number of rotatable bonds is 35. The molecule has 0 fully saturated rings. The topological polar surface area (TPSA) is 26.3 Å². The number of hydrogen-bond donors (Lipinski definition) is 0. The first kappa shape index (κ1) is 41.2. The zero-order chi connectivity index (χ0) is 30.8. The summed E-state index contributed by atoms with van der Waals surface area (Å²) < 4.78 is 5.82. The molecule has 0 bridgehead atoms. The molecular weight excluding hydrogens is 512 g/mol. The van der Waals surface area contributed by atoms with Gasteiger partial charge in [-0.1, -0.05) is 207 Å². The van der Waals surface area contributed by atoms with Crippen molar-refractivity contribution in [2.24, 2.45) is 0 Å². The Labute approximate surface area is 266 Å². The summed E-state index contributed by atoms with van der Waals surface area (Å²) in [7, 11) is 0. The van der Waals surface area contributed by atoms with Crippen LogP contribution in [0.5, 0.6) is 0 Å². The Morgan fingerprint density at radius 3 is 0.857 bits per heavy atom. The van der Waals surface area contributed by atoms with Gasteiger partial charge in [0.05, 0.1) is 0 Å². The van der Waals surface area contributed by atoms with Gasteiger partial charge in [0.2, 0.25) is 0 Å². The van der Waals surface area contributed by atoms with Crippen LogP contribution in [0.4, 0.5) is 0 Å². The summed E-state index contributed by atoms with van der Waals surface area (Å²) in [6, 6.07) is 0. The van der Waals surface area contributed by atoms with Crippen LogP contribution in [0, 0.1) is 0 Å². The van der Waals surface area contributed by atoms with E-state index in [2.05, 4.69) is 20.4 Å². The molecule has 0 aliphatic rings. The number of carbonyl (C=O) groups excluding carboxylic acids is 1. The van der Waals surface area contributed by atoms with Gasteiger partial charge in [-0.2, -0.15) is 0 Å². The third-order valence-corrected chi connectivity index (χ3v) is 9.13. The van der Waals surface area contributed by atoms with Crippen LogP contribution in [0.2, 0.25) is 0 Å². The van der Waals surface area contributed by atoms with Crippen LogP contribution in [0.15, 0.2) is 12.2 Å². The number of carbonyl (C=O) groups is 1. The molecule has 0 radical (unpaired) electrons. The SMILES string of the molecule is C=C(C)C(=O)OC(CCCCCCCCCCCCCCCC)CCCCCCCCCCCCCCCCCCC. The first-order valence-electron chi connectivity index (χ1n) is 19.5. The second-order valence-corrected chi connectivity index (χ2v) is 13.6. The van der Waals surface area contributed by atoms with E-state index in [0.717, 1.165) is 12.8 Å².